The van der Waals surface area contributed by atoms with Gasteiger partial charge >= 0.3 is 0 Å². The zero-order chi connectivity index (χ0) is 13.7. The van der Waals surface area contributed by atoms with Crippen molar-refractivity contribution in [1.82, 2.24) is 0 Å². The van der Waals surface area contributed by atoms with Crippen molar-refractivity contribution in [1.29, 1.82) is 0 Å². The first-order valence-electron chi connectivity index (χ1n) is 7.65. The Morgan fingerprint density at radius 3 is 2.58 bits per heavy atom. The fourth-order valence-electron chi connectivity index (χ4n) is 2.67. The fraction of sp³-hybridized carbons (Fsp3) is 0.556. The minimum absolute atomic E-state index is 0.311. The van der Waals surface area contributed by atoms with E-state index in [1.807, 2.05) is 0 Å². The predicted octanol–water partition coefficient (Wildman–Crippen LogP) is 5.46. The van der Waals surface area contributed by atoms with Crippen LogP contribution in [0.3, 0.4) is 0 Å². The first-order chi connectivity index (χ1) is 9.19. The monoisotopic (exact) mass is 258 g/mol. The lowest BCUT2D eigenvalue weighted by Crippen LogP contribution is -2.10. The van der Waals surface area contributed by atoms with Crippen LogP contribution in [-0.2, 0) is 0 Å². The SMILES string of the molecule is CCCC(C)Oc1ccc(C2=CCC(C)CC2)cc1. The van der Waals surface area contributed by atoms with E-state index < -0.39 is 0 Å². The standard InChI is InChI=1S/C18H26O/c1-4-5-15(3)19-18-12-10-17(11-13-18)16-8-6-14(2)7-9-16/h8,10-15H,4-7,9H2,1-3H3. The van der Waals surface area contributed by atoms with E-state index in [2.05, 4.69) is 51.1 Å². The summed E-state index contributed by atoms with van der Waals surface area (Å²) in [5.41, 5.74) is 2.87. The molecule has 0 bridgehead atoms. The molecule has 2 unspecified atom stereocenters. The summed E-state index contributed by atoms with van der Waals surface area (Å²) in [5.74, 6) is 1.84. The number of hydrogen-bond donors (Lipinski definition) is 0. The minimum Gasteiger partial charge on any atom is -0.491 e. The lowest BCUT2D eigenvalue weighted by atomic mass is 9.88. The maximum atomic E-state index is 5.89. The van der Waals surface area contributed by atoms with Gasteiger partial charge in [-0.25, -0.2) is 0 Å². The van der Waals surface area contributed by atoms with Crippen LogP contribution in [0.1, 0.15) is 58.4 Å². The highest BCUT2D eigenvalue weighted by atomic mass is 16.5. The molecule has 0 aromatic heterocycles. The van der Waals surface area contributed by atoms with Gasteiger partial charge in [-0.15, -0.1) is 0 Å². The Morgan fingerprint density at radius 2 is 2.00 bits per heavy atom. The van der Waals surface area contributed by atoms with Crippen molar-refractivity contribution >= 4 is 5.57 Å². The maximum absolute atomic E-state index is 5.89. The van der Waals surface area contributed by atoms with Crippen LogP contribution in [0, 0.1) is 5.92 Å². The van der Waals surface area contributed by atoms with Crippen molar-refractivity contribution < 1.29 is 4.74 Å². The molecule has 2 atom stereocenters. The third-order valence-electron chi connectivity index (χ3n) is 3.93. The van der Waals surface area contributed by atoms with Gasteiger partial charge in [0.1, 0.15) is 5.75 Å². The van der Waals surface area contributed by atoms with Crippen LogP contribution in [0.4, 0.5) is 0 Å². The summed E-state index contributed by atoms with van der Waals surface area (Å²) in [4.78, 5) is 0. The Balaban J connectivity index is 1.98. The molecule has 0 N–H and O–H groups in total. The molecule has 0 radical (unpaired) electrons. The predicted molar refractivity (Wildman–Crippen MR) is 82.4 cm³/mol. The van der Waals surface area contributed by atoms with E-state index >= 15 is 0 Å². The Labute approximate surface area is 117 Å². The lowest BCUT2D eigenvalue weighted by molar-refractivity contribution is 0.210. The van der Waals surface area contributed by atoms with Gasteiger partial charge in [0.05, 0.1) is 6.10 Å². The highest BCUT2D eigenvalue weighted by Gasteiger charge is 2.11. The highest BCUT2D eigenvalue weighted by Crippen LogP contribution is 2.30. The van der Waals surface area contributed by atoms with Gasteiger partial charge < -0.3 is 4.74 Å². The first-order valence-corrected chi connectivity index (χ1v) is 7.65. The molecule has 0 aliphatic heterocycles. The molecule has 19 heavy (non-hydrogen) atoms. The van der Waals surface area contributed by atoms with E-state index in [1.54, 1.807) is 0 Å². The van der Waals surface area contributed by atoms with Crippen molar-refractivity contribution in [2.75, 3.05) is 0 Å². The van der Waals surface area contributed by atoms with E-state index in [0.717, 1.165) is 18.1 Å². The van der Waals surface area contributed by atoms with Gasteiger partial charge in [0.15, 0.2) is 0 Å². The number of allylic oxidation sites excluding steroid dienone is 2. The average Bonchev–Trinajstić information content (AvgIpc) is 2.41. The van der Waals surface area contributed by atoms with Gasteiger partial charge in [0, 0.05) is 0 Å². The molecule has 0 amide bonds. The molecule has 2 rings (SSSR count). The molecule has 1 aromatic carbocycles. The fourth-order valence-corrected chi connectivity index (χ4v) is 2.67. The van der Waals surface area contributed by atoms with Gasteiger partial charge in [-0.05, 0) is 61.8 Å². The third kappa shape index (κ3) is 4.12. The van der Waals surface area contributed by atoms with Gasteiger partial charge in [-0.1, -0.05) is 38.5 Å². The smallest absolute Gasteiger partial charge is 0.119 e. The largest absolute Gasteiger partial charge is 0.491 e. The summed E-state index contributed by atoms with van der Waals surface area (Å²) < 4.78 is 5.89. The lowest BCUT2D eigenvalue weighted by Gasteiger charge is -2.19. The van der Waals surface area contributed by atoms with E-state index in [1.165, 1.54) is 36.8 Å². The molecule has 1 nitrogen and oxygen atoms in total. The molecule has 1 heteroatoms. The van der Waals surface area contributed by atoms with Crippen LogP contribution in [0.25, 0.3) is 5.57 Å². The molecular weight excluding hydrogens is 232 g/mol. The van der Waals surface area contributed by atoms with Crippen LogP contribution < -0.4 is 4.74 Å². The summed E-state index contributed by atoms with van der Waals surface area (Å²) in [6, 6.07) is 8.63. The van der Waals surface area contributed by atoms with Crippen LogP contribution >= 0.6 is 0 Å². The van der Waals surface area contributed by atoms with E-state index in [0.29, 0.717) is 6.10 Å². The van der Waals surface area contributed by atoms with Crippen LogP contribution in [0.5, 0.6) is 5.75 Å². The van der Waals surface area contributed by atoms with E-state index in [4.69, 9.17) is 4.74 Å². The third-order valence-corrected chi connectivity index (χ3v) is 3.93. The van der Waals surface area contributed by atoms with Gasteiger partial charge in [0.2, 0.25) is 0 Å². The van der Waals surface area contributed by atoms with Crippen molar-refractivity contribution in [2.45, 2.75) is 59.0 Å². The Hall–Kier alpha value is -1.24. The van der Waals surface area contributed by atoms with E-state index in [-0.39, 0.29) is 0 Å². The van der Waals surface area contributed by atoms with Gasteiger partial charge in [0.25, 0.3) is 0 Å². The first kappa shape index (κ1) is 14.2. The second kappa shape index (κ2) is 6.79. The Kier molecular flexibility index (Phi) is 5.07. The van der Waals surface area contributed by atoms with E-state index in [9.17, 15) is 0 Å². The molecule has 0 fully saturated rings. The molecule has 0 saturated heterocycles. The zero-order valence-corrected chi connectivity index (χ0v) is 12.5. The molecule has 0 heterocycles. The van der Waals surface area contributed by atoms with Gasteiger partial charge in [-0.2, -0.15) is 0 Å². The molecule has 0 saturated carbocycles. The average molecular weight is 258 g/mol. The molecule has 104 valence electrons. The van der Waals surface area contributed by atoms with Crippen molar-refractivity contribution in [2.24, 2.45) is 5.92 Å². The number of ether oxygens (including phenoxy) is 1. The summed E-state index contributed by atoms with van der Waals surface area (Å²) in [7, 11) is 0. The summed E-state index contributed by atoms with van der Waals surface area (Å²) >= 11 is 0. The molecule has 0 spiro atoms. The van der Waals surface area contributed by atoms with Crippen LogP contribution in [0.2, 0.25) is 0 Å². The number of benzene rings is 1. The number of rotatable bonds is 5. The second-order valence-corrected chi connectivity index (χ2v) is 5.85. The molecule has 1 aromatic rings. The van der Waals surface area contributed by atoms with Crippen molar-refractivity contribution in [3.8, 4) is 5.75 Å². The normalized spacial score (nSPS) is 20.8. The topological polar surface area (TPSA) is 9.23 Å². The van der Waals surface area contributed by atoms with Crippen molar-refractivity contribution in [3.05, 3.63) is 35.9 Å². The van der Waals surface area contributed by atoms with Crippen molar-refractivity contribution in [3.63, 3.8) is 0 Å². The zero-order valence-electron chi connectivity index (χ0n) is 12.5. The summed E-state index contributed by atoms with van der Waals surface area (Å²) in [5, 5.41) is 0. The maximum Gasteiger partial charge on any atom is 0.119 e. The number of hydrogen-bond acceptors (Lipinski definition) is 1. The Bertz CT molecular complexity index is 416. The molecule has 1 aliphatic carbocycles. The van der Waals surface area contributed by atoms with Crippen LogP contribution in [0.15, 0.2) is 30.3 Å². The van der Waals surface area contributed by atoms with Crippen LogP contribution in [-0.4, -0.2) is 6.10 Å². The molecule has 1 aliphatic rings. The Morgan fingerprint density at radius 1 is 1.26 bits per heavy atom. The second-order valence-electron chi connectivity index (χ2n) is 5.85. The quantitative estimate of drug-likeness (QED) is 0.681. The minimum atomic E-state index is 0.311. The summed E-state index contributed by atoms with van der Waals surface area (Å²) in [6.07, 6.45) is 8.76. The summed E-state index contributed by atoms with van der Waals surface area (Å²) in [6.45, 7) is 6.67. The van der Waals surface area contributed by atoms with Gasteiger partial charge in [-0.3, -0.25) is 0 Å². The highest BCUT2D eigenvalue weighted by molar-refractivity contribution is 5.66. The molecular formula is C18H26O.